The highest BCUT2D eigenvalue weighted by Gasteiger charge is 2.26. The van der Waals surface area contributed by atoms with Crippen LogP contribution in [0.15, 0.2) is 47.5 Å². The number of non-ortho nitro benzene ring substituents is 1. The van der Waals surface area contributed by atoms with E-state index in [2.05, 4.69) is 9.62 Å². The van der Waals surface area contributed by atoms with E-state index in [9.17, 15) is 18.5 Å². The van der Waals surface area contributed by atoms with Crippen LogP contribution in [0.3, 0.4) is 0 Å². The number of hydrogen-bond acceptors (Lipinski definition) is 5. The number of nitro benzene ring substituents is 1. The predicted molar refractivity (Wildman–Crippen MR) is 106 cm³/mol. The fourth-order valence-electron chi connectivity index (χ4n) is 3.67. The summed E-state index contributed by atoms with van der Waals surface area (Å²) in [5, 5.41) is 10.8. The molecule has 1 aliphatic heterocycles. The van der Waals surface area contributed by atoms with Crippen molar-refractivity contribution in [3.63, 3.8) is 0 Å². The van der Waals surface area contributed by atoms with Crippen LogP contribution in [0, 0.1) is 10.1 Å². The molecule has 0 aliphatic carbocycles. The third kappa shape index (κ3) is 4.78. The molecule has 8 nitrogen and oxygen atoms in total. The lowest BCUT2D eigenvalue weighted by Gasteiger charge is -2.31. The average molecular weight is 407 g/mol. The average Bonchev–Trinajstić information content (AvgIpc) is 2.92. The lowest BCUT2D eigenvalue weighted by Crippen LogP contribution is -2.39. The monoisotopic (exact) mass is 406 g/mol. The van der Waals surface area contributed by atoms with E-state index in [4.69, 9.17) is 0 Å². The van der Waals surface area contributed by atoms with Crippen molar-refractivity contribution in [2.24, 2.45) is 7.05 Å². The van der Waals surface area contributed by atoms with Crippen LogP contribution >= 0.6 is 0 Å². The predicted octanol–water partition coefficient (Wildman–Crippen LogP) is 2.83. The van der Waals surface area contributed by atoms with Gasteiger partial charge in [-0.15, -0.1) is 0 Å². The molecule has 0 spiro atoms. The quantitative estimate of drug-likeness (QED) is 0.563. The summed E-state index contributed by atoms with van der Waals surface area (Å²) in [5.74, 6) is 0. The molecule has 0 radical (unpaired) electrons. The van der Waals surface area contributed by atoms with Crippen LogP contribution in [0.2, 0.25) is 0 Å². The van der Waals surface area contributed by atoms with Gasteiger partial charge in [-0.1, -0.05) is 12.8 Å². The number of hydrogen-bond donors (Lipinski definition) is 1. The standard InChI is InChI=1S/C19H26N4O4S/c1-21-12-6-7-18(21)19(22-13-4-2-3-5-14-22)15-20-28(26,27)17-10-8-16(9-11-17)23(24)25/h6-12,19-20H,2-5,13-15H2,1H3. The SMILES string of the molecule is Cn1cccc1C(CNS(=O)(=O)c1ccc([N+](=O)[O-])cc1)N1CCCCCC1. The fourth-order valence-corrected chi connectivity index (χ4v) is 4.71. The second-order valence-corrected chi connectivity index (χ2v) is 8.88. The van der Waals surface area contributed by atoms with E-state index in [1.54, 1.807) is 0 Å². The second-order valence-electron chi connectivity index (χ2n) is 7.11. The Kier molecular flexibility index (Phi) is 6.48. The number of nitro groups is 1. The van der Waals surface area contributed by atoms with Gasteiger partial charge in [0.15, 0.2) is 0 Å². The highest BCUT2D eigenvalue weighted by Crippen LogP contribution is 2.25. The van der Waals surface area contributed by atoms with Crippen LogP contribution in [0.5, 0.6) is 0 Å². The van der Waals surface area contributed by atoms with Gasteiger partial charge in [0.2, 0.25) is 10.0 Å². The fraction of sp³-hybridized carbons (Fsp3) is 0.474. The molecule has 152 valence electrons. The van der Waals surface area contributed by atoms with Gasteiger partial charge in [-0.05, 0) is 50.2 Å². The van der Waals surface area contributed by atoms with Gasteiger partial charge in [0.1, 0.15) is 0 Å². The number of sulfonamides is 1. The van der Waals surface area contributed by atoms with E-state index in [0.29, 0.717) is 0 Å². The summed E-state index contributed by atoms with van der Waals surface area (Å²) in [4.78, 5) is 12.6. The van der Waals surface area contributed by atoms with Crippen molar-refractivity contribution in [1.82, 2.24) is 14.2 Å². The minimum Gasteiger partial charge on any atom is -0.353 e. The van der Waals surface area contributed by atoms with Gasteiger partial charge in [0.05, 0.1) is 15.9 Å². The van der Waals surface area contributed by atoms with Crippen molar-refractivity contribution in [2.45, 2.75) is 36.6 Å². The Balaban J connectivity index is 1.78. The summed E-state index contributed by atoms with van der Waals surface area (Å²) in [7, 11) is -1.79. The first kappa shape index (κ1) is 20.5. The number of aryl methyl sites for hydroxylation is 1. The van der Waals surface area contributed by atoms with E-state index in [1.165, 1.54) is 37.1 Å². The van der Waals surface area contributed by atoms with Crippen LogP contribution in [0.4, 0.5) is 5.69 Å². The number of nitrogens with zero attached hydrogens (tertiary/aromatic N) is 3. The maximum atomic E-state index is 12.7. The molecule has 1 unspecified atom stereocenters. The minimum atomic E-state index is -3.76. The van der Waals surface area contributed by atoms with Crippen molar-refractivity contribution in [3.8, 4) is 0 Å². The third-order valence-electron chi connectivity index (χ3n) is 5.23. The summed E-state index contributed by atoms with van der Waals surface area (Å²) in [6.45, 7) is 2.13. The molecule has 1 atom stereocenters. The van der Waals surface area contributed by atoms with Crippen molar-refractivity contribution >= 4 is 15.7 Å². The first-order valence-electron chi connectivity index (χ1n) is 9.48. The van der Waals surface area contributed by atoms with Crippen molar-refractivity contribution in [3.05, 3.63) is 58.4 Å². The zero-order valence-electron chi connectivity index (χ0n) is 16.0. The maximum Gasteiger partial charge on any atom is 0.269 e. The zero-order valence-corrected chi connectivity index (χ0v) is 16.8. The van der Waals surface area contributed by atoms with Gasteiger partial charge < -0.3 is 4.57 Å². The Morgan fingerprint density at radius 3 is 2.29 bits per heavy atom. The topological polar surface area (TPSA) is 97.5 Å². The highest BCUT2D eigenvalue weighted by molar-refractivity contribution is 7.89. The summed E-state index contributed by atoms with van der Waals surface area (Å²) in [6.07, 6.45) is 6.58. The lowest BCUT2D eigenvalue weighted by molar-refractivity contribution is -0.384. The largest absolute Gasteiger partial charge is 0.353 e. The van der Waals surface area contributed by atoms with Gasteiger partial charge in [0.25, 0.3) is 5.69 Å². The molecule has 3 rings (SSSR count). The van der Waals surface area contributed by atoms with Gasteiger partial charge in [-0.3, -0.25) is 15.0 Å². The van der Waals surface area contributed by atoms with Crippen molar-refractivity contribution < 1.29 is 13.3 Å². The molecule has 1 aliphatic rings. The van der Waals surface area contributed by atoms with Crippen molar-refractivity contribution in [2.75, 3.05) is 19.6 Å². The summed E-state index contributed by atoms with van der Waals surface area (Å²) in [6, 6.07) is 8.87. The molecule has 9 heteroatoms. The van der Waals surface area contributed by atoms with Crippen LogP contribution < -0.4 is 4.72 Å². The Morgan fingerprint density at radius 2 is 1.75 bits per heavy atom. The van der Waals surface area contributed by atoms with Gasteiger partial charge in [-0.25, -0.2) is 13.1 Å². The number of nitrogens with one attached hydrogen (secondary N) is 1. The Bertz CT molecular complexity index is 900. The first-order chi connectivity index (χ1) is 13.4. The molecule has 1 saturated heterocycles. The third-order valence-corrected chi connectivity index (χ3v) is 6.67. The molecule has 1 fully saturated rings. The number of aromatic nitrogens is 1. The molecule has 1 aromatic heterocycles. The van der Waals surface area contributed by atoms with Gasteiger partial charge >= 0.3 is 0 Å². The van der Waals surface area contributed by atoms with E-state index in [0.717, 1.165) is 31.6 Å². The van der Waals surface area contributed by atoms with E-state index in [1.807, 2.05) is 29.9 Å². The highest BCUT2D eigenvalue weighted by atomic mass is 32.2. The van der Waals surface area contributed by atoms with Gasteiger partial charge in [-0.2, -0.15) is 0 Å². The van der Waals surface area contributed by atoms with Crippen LogP contribution in [0.1, 0.15) is 37.4 Å². The first-order valence-corrected chi connectivity index (χ1v) is 11.0. The number of likely N-dealkylation sites (tertiary alicyclic amines) is 1. The molecule has 1 aromatic carbocycles. The van der Waals surface area contributed by atoms with Crippen LogP contribution in [0.25, 0.3) is 0 Å². The lowest BCUT2D eigenvalue weighted by atomic mass is 10.1. The van der Waals surface area contributed by atoms with Gasteiger partial charge in [0, 0.05) is 37.6 Å². The molecule has 28 heavy (non-hydrogen) atoms. The van der Waals surface area contributed by atoms with E-state index in [-0.39, 0.29) is 23.2 Å². The molecule has 0 saturated carbocycles. The summed E-state index contributed by atoms with van der Waals surface area (Å²) < 4.78 is 30.2. The molecular weight excluding hydrogens is 380 g/mol. The van der Waals surface area contributed by atoms with E-state index >= 15 is 0 Å². The van der Waals surface area contributed by atoms with Crippen LogP contribution in [-0.2, 0) is 17.1 Å². The molecule has 0 amide bonds. The molecule has 0 bridgehead atoms. The molecular formula is C19H26N4O4S. The van der Waals surface area contributed by atoms with Crippen LogP contribution in [-0.4, -0.2) is 42.4 Å². The van der Waals surface area contributed by atoms with E-state index < -0.39 is 14.9 Å². The second kappa shape index (κ2) is 8.85. The number of rotatable bonds is 7. The minimum absolute atomic E-state index is 0.0274. The molecule has 2 aromatic rings. The normalized spacial score (nSPS) is 17.2. The molecule has 2 heterocycles. The smallest absolute Gasteiger partial charge is 0.269 e. The summed E-state index contributed by atoms with van der Waals surface area (Å²) >= 11 is 0. The number of benzene rings is 1. The Morgan fingerprint density at radius 1 is 1.11 bits per heavy atom. The molecule has 1 N–H and O–H groups in total. The Hall–Kier alpha value is -2.23. The summed E-state index contributed by atoms with van der Waals surface area (Å²) in [5.41, 5.74) is 0.929. The van der Waals surface area contributed by atoms with Crippen molar-refractivity contribution in [1.29, 1.82) is 0 Å². The zero-order chi connectivity index (χ0) is 20.1. The Labute approximate surface area is 165 Å². The maximum absolute atomic E-state index is 12.7.